The molecule has 1 unspecified atom stereocenters. The number of benzene rings is 1. The van der Waals surface area contributed by atoms with Gasteiger partial charge in [0.05, 0.1) is 40.4 Å². The first kappa shape index (κ1) is 19.7. The van der Waals surface area contributed by atoms with Crippen LogP contribution in [-0.4, -0.2) is 57.5 Å². The summed E-state index contributed by atoms with van der Waals surface area (Å²) in [6, 6.07) is 6.23. The van der Waals surface area contributed by atoms with Crippen molar-refractivity contribution in [3.8, 4) is 11.5 Å². The maximum absolute atomic E-state index is 12.3. The summed E-state index contributed by atoms with van der Waals surface area (Å²) in [6.45, 7) is 3.06. The molecule has 0 N–H and O–H groups in total. The minimum Gasteiger partial charge on any atom is -0.493 e. The van der Waals surface area contributed by atoms with Gasteiger partial charge in [-0.15, -0.1) is 0 Å². The summed E-state index contributed by atoms with van der Waals surface area (Å²) in [4.78, 5) is 12.3. The van der Waals surface area contributed by atoms with Crippen LogP contribution in [0.4, 0.5) is 0 Å². The Bertz CT molecular complexity index is 683. The minimum atomic E-state index is -0.296. The number of rotatable bonds is 6. The fourth-order valence-electron chi connectivity index (χ4n) is 4.87. The molecule has 0 aliphatic carbocycles. The van der Waals surface area contributed by atoms with Crippen LogP contribution in [0.15, 0.2) is 24.3 Å². The normalized spacial score (nSPS) is 27.8. The molecule has 27 heavy (non-hydrogen) atoms. The number of quaternary nitrogens is 1. The van der Waals surface area contributed by atoms with Gasteiger partial charge in [0.25, 0.3) is 0 Å². The average Bonchev–Trinajstić information content (AvgIpc) is 2.69. The van der Waals surface area contributed by atoms with Crippen LogP contribution in [0.1, 0.15) is 37.7 Å². The van der Waals surface area contributed by atoms with E-state index in [1.165, 1.54) is 55.8 Å². The lowest BCUT2D eigenvalue weighted by molar-refractivity contribution is -0.947. The van der Waals surface area contributed by atoms with Gasteiger partial charge in [-0.2, -0.15) is 0 Å². The Hall–Kier alpha value is -2.01. The molecule has 0 aromatic heterocycles. The molecule has 0 spiro atoms. The molecule has 1 aromatic rings. The van der Waals surface area contributed by atoms with Gasteiger partial charge >= 0.3 is 5.97 Å². The van der Waals surface area contributed by atoms with Crippen LogP contribution < -0.4 is 9.47 Å². The standard InChI is InChI=1S/C22H32NO4/c1-23-14-5-4-10-19(23)18(9-7-15-23)16-27-21(24)13-12-17-8-6-11-20(25-2)22(17)26-3/h6,8,11-13,18-19H,4-5,7,9-10,14-16H2,1-3H3/q+1/t18-,19+,23?/m0/s1. The molecular weight excluding hydrogens is 342 g/mol. The van der Waals surface area contributed by atoms with Gasteiger partial charge in [-0.25, -0.2) is 4.79 Å². The summed E-state index contributed by atoms with van der Waals surface area (Å²) in [5, 5.41) is 0. The zero-order valence-electron chi connectivity index (χ0n) is 16.8. The predicted molar refractivity (Wildman–Crippen MR) is 106 cm³/mol. The second-order valence-electron chi connectivity index (χ2n) is 7.94. The number of carbonyl (C=O) groups is 1. The highest BCUT2D eigenvalue weighted by Crippen LogP contribution is 2.36. The largest absolute Gasteiger partial charge is 0.493 e. The molecule has 2 aliphatic rings. The van der Waals surface area contributed by atoms with E-state index in [1.54, 1.807) is 20.3 Å². The van der Waals surface area contributed by atoms with Gasteiger partial charge in [0, 0.05) is 24.0 Å². The Morgan fingerprint density at radius 2 is 1.96 bits per heavy atom. The molecule has 0 radical (unpaired) electrons. The van der Waals surface area contributed by atoms with E-state index in [0.717, 1.165) is 5.56 Å². The van der Waals surface area contributed by atoms with E-state index in [4.69, 9.17) is 14.2 Å². The van der Waals surface area contributed by atoms with Crippen molar-refractivity contribution in [1.82, 2.24) is 0 Å². The minimum absolute atomic E-state index is 0.296. The van der Waals surface area contributed by atoms with Crippen molar-refractivity contribution in [2.45, 2.75) is 38.1 Å². The number of carbonyl (C=O) groups excluding carboxylic acids is 1. The number of fused-ring (bicyclic) bond motifs is 1. The molecule has 2 heterocycles. The number of nitrogens with zero attached hydrogens (tertiary/aromatic N) is 1. The summed E-state index contributed by atoms with van der Waals surface area (Å²) >= 11 is 0. The van der Waals surface area contributed by atoms with Gasteiger partial charge in [-0.1, -0.05) is 12.1 Å². The van der Waals surface area contributed by atoms with Crippen molar-refractivity contribution >= 4 is 12.0 Å². The Balaban J connectivity index is 1.59. The SMILES string of the molecule is COc1cccc(C=CC(=O)OC[C@@H]2CCC[N+]3(C)CCCC[C@H]23)c1OC. The molecule has 2 saturated heterocycles. The molecular formula is C22H32NO4+. The maximum atomic E-state index is 12.3. The summed E-state index contributed by atoms with van der Waals surface area (Å²) < 4.78 is 17.5. The fourth-order valence-corrected chi connectivity index (χ4v) is 4.87. The summed E-state index contributed by atoms with van der Waals surface area (Å²) in [5.74, 6) is 1.44. The van der Waals surface area contributed by atoms with Crippen molar-refractivity contribution in [3.05, 3.63) is 29.8 Å². The Morgan fingerprint density at radius 1 is 1.15 bits per heavy atom. The number of hydrogen-bond donors (Lipinski definition) is 0. The van der Waals surface area contributed by atoms with E-state index in [0.29, 0.717) is 30.1 Å². The van der Waals surface area contributed by atoms with Crippen LogP contribution in [0.25, 0.3) is 6.08 Å². The van der Waals surface area contributed by atoms with Gasteiger partial charge in [0.2, 0.25) is 0 Å². The number of ether oxygens (including phenoxy) is 3. The van der Waals surface area contributed by atoms with E-state index in [1.807, 2.05) is 18.2 Å². The first-order chi connectivity index (χ1) is 13.1. The van der Waals surface area contributed by atoms with Crippen molar-refractivity contribution in [2.24, 2.45) is 5.92 Å². The van der Waals surface area contributed by atoms with Crippen molar-refractivity contribution < 1.29 is 23.5 Å². The molecule has 2 fully saturated rings. The van der Waals surface area contributed by atoms with Crippen LogP contribution in [0.3, 0.4) is 0 Å². The Kier molecular flexibility index (Phi) is 6.42. The highest BCUT2D eigenvalue weighted by Gasteiger charge is 2.43. The monoisotopic (exact) mass is 374 g/mol. The van der Waals surface area contributed by atoms with Crippen LogP contribution >= 0.6 is 0 Å². The molecule has 5 nitrogen and oxygen atoms in total. The average molecular weight is 375 g/mol. The van der Waals surface area contributed by atoms with Crippen molar-refractivity contribution in [1.29, 1.82) is 0 Å². The smallest absolute Gasteiger partial charge is 0.330 e. The van der Waals surface area contributed by atoms with Crippen LogP contribution in [0.5, 0.6) is 11.5 Å². The lowest BCUT2D eigenvalue weighted by atomic mass is 9.82. The number of hydrogen-bond acceptors (Lipinski definition) is 4. The quantitative estimate of drug-likeness (QED) is 0.433. The lowest BCUT2D eigenvalue weighted by Gasteiger charge is -2.51. The van der Waals surface area contributed by atoms with E-state index in [-0.39, 0.29) is 5.97 Å². The zero-order valence-corrected chi connectivity index (χ0v) is 16.8. The third-order valence-electron chi connectivity index (χ3n) is 6.28. The Labute approximate surface area is 162 Å². The molecule has 3 rings (SSSR count). The van der Waals surface area contributed by atoms with Crippen LogP contribution in [0.2, 0.25) is 0 Å². The van der Waals surface area contributed by atoms with Gasteiger partial charge in [0.15, 0.2) is 11.5 Å². The lowest BCUT2D eigenvalue weighted by Crippen LogP contribution is -2.61. The first-order valence-electron chi connectivity index (χ1n) is 9.97. The number of piperidine rings is 2. The number of methoxy groups -OCH3 is 2. The molecule has 0 amide bonds. The van der Waals surface area contributed by atoms with Crippen LogP contribution in [0, 0.1) is 5.92 Å². The highest BCUT2D eigenvalue weighted by molar-refractivity contribution is 5.87. The molecule has 148 valence electrons. The van der Waals surface area contributed by atoms with Crippen molar-refractivity contribution in [2.75, 3.05) is 41.0 Å². The van der Waals surface area contributed by atoms with E-state index < -0.39 is 0 Å². The fraction of sp³-hybridized carbons (Fsp3) is 0.591. The third kappa shape index (κ3) is 4.46. The first-order valence-corrected chi connectivity index (χ1v) is 9.97. The third-order valence-corrected chi connectivity index (χ3v) is 6.28. The maximum Gasteiger partial charge on any atom is 0.330 e. The van der Waals surface area contributed by atoms with E-state index in [9.17, 15) is 4.79 Å². The number of para-hydroxylation sites is 1. The van der Waals surface area contributed by atoms with E-state index in [2.05, 4.69) is 7.05 Å². The molecule has 0 bridgehead atoms. The molecule has 5 heteroatoms. The van der Waals surface area contributed by atoms with Gasteiger partial charge < -0.3 is 18.7 Å². The topological polar surface area (TPSA) is 44.8 Å². The predicted octanol–water partition coefficient (Wildman–Crippen LogP) is 3.67. The van der Waals surface area contributed by atoms with Gasteiger partial charge in [-0.3, -0.25) is 0 Å². The molecule has 2 aliphatic heterocycles. The summed E-state index contributed by atoms with van der Waals surface area (Å²) in [6.07, 6.45) is 9.49. The molecule has 1 aromatic carbocycles. The zero-order chi connectivity index (χ0) is 19.3. The Morgan fingerprint density at radius 3 is 2.74 bits per heavy atom. The molecule has 3 atom stereocenters. The second kappa shape index (κ2) is 8.79. The second-order valence-corrected chi connectivity index (χ2v) is 7.94. The summed E-state index contributed by atoms with van der Waals surface area (Å²) in [7, 11) is 5.57. The van der Waals surface area contributed by atoms with Gasteiger partial charge in [0.1, 0.15) is 6.61 Å². The highest BCUT2D eigenvalue weighted by atomic mass is 16.5. The number of esters is 1. The van der Waals surface area contributed by atoms with E-state index >= 15 is 0 Å². The van der Waals surface area contributed by atoms with Crippen molar-refractivity contribution in [3.63, 3.8) is 0 Å². The summed E-state index contributed by atoms with van der Waals surface area (Å²) in [5.41, 5.74) is 0.794. The molecule has 0 saturated carbocycles. The van der Waals surface area contributed by atoms with Crippen LogP contribution in [-0.2, 0) is 9.53 Å². The van der Waals surface area contributed by atoms with Gasteiger partial charge in [-0.05, 0) is 37.8 Å².